The minimum Gasteiger partial charge on any atom is -0.480 e. The fourth-order valence-corrected chi connectivity index (χ4v) is 16.3. The van der Waals surface area contributed by atoms with Gasteiger partial charge in [0.25, 0.3) is 17.1 Å². The van der Waals surface area contributed by atoms with Crippen LogP contribution in [0.5, 0.6) is 0 Å². The number of aryl methyl sites for hydroxylation is 3. The summed E-state index contributed by atoms with van der Waals surface area (Å²) in [5.41, 5.74) is 25.4. The zero-order chi connectivity index (χ0) is 100. The highest BCUT2D eigenvalue weighted by Gasteiger charge is 2.30. The van der Waals surface area contributed by atoms with Crippen LogP contribution in [-0.2, 0) is 59.1 Å². The number of rotatable bonds is 21. The molecule has 0 aliphatic rings. The van der Waals surface area contributed by atoms with E-state index in [0.29, 0.717) is 100 Å². The van der Waals surface area contributed by atoms with Crippen molar-refractivity contribution in [3.8, 4) is 33.4 Å². The van der Waals surface area contributed by atoms with Gasteiger partial charge in [0, 0.05) is 100 Å². The zero-order valence-electron chi connectivity index (χ0n) is 73.9. The van der Waals surface area contributed by atoms with Gasteiger partial charge in [0.2, 0.25) is 0 Å². The molecule has 0 aliphatic heterocycles. The Morgan fingerprint density at radius 2 is 0.710 bits per heavy atom. The summed E-state index contributed by atoms with van der Waals surface area (Å²) in [6.45, 7) is 32.9. The molecule has 4 atom stereocenters. The number of nitrogens with one attached hydrogen (secondary N) is 2. The number of carbonyl (C=O) groups is 7. The number of nitrogens with two attached hydrogens (primary N) is 2. The van der Waals surface area contributed by atoms with E-state index in [1.807, 2.05) is 78.9 Å². The number of halogens is 9. The summed E-state index contributed by atoms with van der Waals surface area (Å²) in [6.07, 6.45) is 7.54. The number of carboxylic acids is 1. The molecule has 11 aromatic carbocycles. The Labute approximate surface area is 824 Å². The second kappa shape index (κ2) is 49.6. The number of pyridine rings is 4. The fourth-order valence-electron chi connectivity index (χ4n) is 14.5. The van der Waals surface area contributed by atoms with Crippen LogP contribution >= 0.6 is 73.9 Å². The molecular formula is C103H80BBrCl5F3N12O13. The molecule has 0 fully saturated rings. The number of benzene rings is 11. The van der Waals surface area contributed by atoms with Crippen molar-refractivity contribution in [1.29, 1.82) is 0 Å². The Kier molecular flexibility index (Phi) is 37.8. The number of carbonyl (C=O) groups excluding carboxylic acids is 6. The third-order valence-electron chi connectivity index (χ3n) is 21.3. The molecule has 4 aromatic heterocycles. The van der Waals surface area contributed by atoms with Crippen LogP contribution in [0.2, 0.25) is 20.1 Å². The highest BCUT2D eigenvalue weighted by atomic mass is 79.9. The first-order valence-electron chi connectivity index (χ1n) is 41.3. The summed E-state index contributed by atoms with van der Waals surface area (Å²) in [4.78, 5) is 115. The first-order valence-corrected chi connectivity index (χ1v) is 44.0. The largest absolute Gasteiger partial charge is 0.489 e. The molecule has 9 N–H and O–H groups in total. The van der Waals surface area contributed by atoms with Gasteiger partial charge in [-0.2, -0.15) is 0 Å². The Hall–Kier alpha value is -14.9. The van der Waals surface area contributed by atoms with Gasteiger partial charge < -0.3 is 51.5 Å². The minimum atomic E-state index is -1.59. The normalized spacial score (nSPS) is 11.4. The predicted molar refractivity (Wildman–Crippen MR) is 533 cm³/mol. The van der Waals surface area contributed by atoms with Gasteiger partial charge in [0.1, 0.15) is 41.6 Å². The van der Waals surface area contributed by atoms with E-state index < -0.39 is 89.7 Å². The van der Waals surface area contributed by atoms with Crippen LogP contribution in [0.4, 0.5) is 35.9 Å². The van der Waals surface area contributed by atoms with Crippen LogP contribution in [0.1, 0.15) is 70.0 Å². The van der Waals surface area contributed by atoms with Crippen molar-refractivity contribution >= 4 is 194 Å². The van der Waals surface area contributed by atoms with Gasteiger partial charge in [-0.1, -0.05) is 198 Å². The summed E-state index contributed by atoms with van der Waals surface area (Å²) < 4.78 is 56.6. The van der Waals surface area contributed by atoms with Gasteiger partial charge >= 0.3 is 31.0 Å². The molecule has 35 heteroatoms. The Morgan fingerprint density at radius 3 is 1.02 bits per heavy atom. The van der Waals surface area contributed by atoms with Crippen LogP contribution in [-0.4, -0.2) is 129 Å². The molecule has 0 unspecified atom stereocenters. The van der Waals surface area contributed by atoms with Crippen molar-refractivity contribution in [2.75, 3.05) is 21.3 Å². The molecule has 0 saturated carbocycles. The molecule has 0 aliphatic carbocycles. The number of hydrogen-bond donors (Lipinski definition) is 7. The number of hydrogen-bond acceptors (Lipinski definition) is 18. The topological polar surface area (TPSA) is 353 Å². The molecule has 0 saturated heterocycles. The van der Waals surface area contributed by atoms with E-state index in [1.165, 1.54) is 69.9 Å². The molecule has 15 rings (SSSR count). The number of nitrogens with zero attached hydrogens (tertiary/aromatic N) is 8. The second-order valence-corrected chi connectivity index (χ2v) is 33.0. The number of fused-ring (bicyclic) bond motifs is 4. The van der Waals surface area contributed by atoms with Gasteiger partial charge in [-0.05, 0) is 195 Å². The number of aliphatic carboxylic acids is 1. The van der Waals surface area contributed by atoms with E-state index in [-0.39, 0.29) is 40.0 Å². The van der Waals surface area contributed by atoms with Crippen LogP contribution in [0.3, 0.4) is 0 Å². The van der Waals surface area contributed by atoms with Crippen molar-refractivity contribution < 1.29 is 76.1 Å². The maximum absolute atomic E-state index is 14.3. The Morgan fingerprint density at radius 1 is 0.406 bits per heavy atom. The molecular weight excluding hydrogens is 1940 g/mol. The minimum absolute atomic E-state index is 0.0332. The molecule has 0 bridgehead atoms. The summed E-state index contributed by atoms with van der Waals surface area (Å²) in [5.74, 6) is -6.21. The fraction of sp³-hybridized carbons (Fsp3) is 0.136. The van der Waals surface area contributed by atoms with Gasteiger partial charge in [-0.3, -0.25) is 43.9 Å². The lowest BCUT2D eigenvalue weighted by Gasteiger charge is -2.19. The number of ether oxygens (including phenoxy) is 3. The molecule has 696 valence electrons. The molecule has 138 heavy (non-hydrogen) atoms. The van der Waals surface area contributed by atoms with Crippen molar-refractivity contribution in [3.63, 3.8) is 0 Å². The third kappa shape index (κ3) is 26.4. The maximum atomic E-state index is 14.3. The van der Waals surface area contributed by atoms with Crippen LogP contribution in [0.15, 0.2) is 254 Å². The summed E-state index contributed by atoms with van der Waals surface area (Å²) >= 11 is 33.5. The highest BCUT2D eigenvalue weighted by molar-refractivity contribution is 9.10. The average Bonchev–Trinajstić information content (AvgIpc) is 0.780. The number of aromatic nitrogens is 4. The number of carboxylic acid groups (broad SMARTS) is 1. The number of esters is 3. The van der Waals surface area contributed by atoms with Crippen molar-refractivity contribution in [3.05, 3.63) is 393 Å². The smallest absolute Gasteiger partial charge is 0.480 e. The monoisotopic (exact) mass is 2010 g/mol. The SMILES string of the molecule is COC(=O)[C@@H](N)Cc1ccc(Br)c2ncccc12.Cc1cccc(F)c1C(=O)Cl.[C-]#[N+]c1ccc(-c2ccc(C[C@H](N)C(=O)OC)c3cccnc23)c(Cl)c1.[C-]#[N+]c1ccc(-c2ccc(C[C@H](NC(=O)c3c(C)cccc3F)C(=O)O)c3cccnc23)c(Cl)c1.[C-]#[N+]c1ccc(-c2ccc(C[C@H](NC(=O)c3c(C)cccc3F)C(=O)OC)c3cccnc23)c(Cl)c1.[C-]#[N+]c1ccc(B(O)O)c(Cl)c1. The lowest BCUT2D eigenvalue weighted by molar-refractivity contribution is -0.143. The van der Waals surface area contributed by atoms with Gasteiger partial charge in [0.15, 0.2) is 22.7 Å². The summed E-state index contributed by atoms with van der Waals surface area (Å²) in [7, 11) is 2.30. The van der Waals surface area contributed by atoms with Crippen molar-refractivity contribution in [2.24, 2.45) is 11.5 Å². The first-order chi connectivity index (χ1) is 66.1. The van der Waals surface area contributed by atoms with Gasteiger partial charge in [-0.25, -0.2) is 42.1 Å². The lowest BCUT2D eigenvalue weighted by Crippen LogP contribution is -2.43. The van der Waals surface area contributed by atoms with E-state index in [9.17, 15) is 51.8 Å². The molecule has 4 heterocycles. The van der Waals surface area contributed by atoms with E-state index in [1.54, 1.807) is 137 Å². The third-order valence-corrected chi connectivity index (χ3v) is 23.4. The van der Waals surface area contributed by atoms with E-state index in [2.05, 4.69) is 70.6 Å². The quantitative estimate of drug-likeness (QED) is 0.0115. The molecule has 0 radical (unpaired) electrons. The first kappa shape index (κ1) is 105. The van der Waals surface area contributed by atoms with E-state index >= 15 is 0 Å². The number of amides is 2. The molecule has 2 amide bonds. The van der Waals surface area contributed by atoms with E-state index in [4.69, 9.17) is 115 Å². The standard InChI is InChI=1S/C28H21ClFN3O3.C27H19ClFN3O3.C20H16ClN3O2.C13H13BrN2O2.C8H6ClFO.C7H5BClNO2/c1-16-6-4-8-23(30)25(16)27(34)33-24(28(35)36-3)14-17-9-11-21(26-19(17)7-5-13-32-26)20-12-10-18(31-2)15-22(20)29;1-15-5-3-7-22(29)24(15)26(33)32-23(27(34)35)13-16-8-10-20(25-18(16)6-4-12-31-25)19-11-9-17(30-2)14-21(19)28;1-23-13-6-8-15(17(21)11-13)16-7-5-12(10-18(22)20(25)26-2)14-4-3-9-24-19(14)16;1-18-13(17)11(15)7-8-4-5-10(14)12-9(8)3-2-6-16-12;1-5-3-2-4-6(10)7(5)8(9)11;1-10-5-2-3-6(8(11)12)7(9)4-5/h4-13,15,24H,14H2,1,3H3,(H,33,34);3-12,14,23H,13H2,1H3,(H,32,33)(H,34,35);3-9,11,18H,10,22H2,2H3;2-6,11H,7,15H2,1H3;2-4H,1H3;2-4,11-12H/t24-;23-;18-;11-;;/m0000../s1. The highest BCUT2D eigenvalue weighted by Crippen LogP contribution is 2.41. The van der Waals surface area contributed by atoms with Crippen molar-refractivity contribution in [2.45, 2.75) is 70.6 Å². The van der Waals surface area contributed by atoms with E-state index in [0.717, 1.165) is 76.7 Å². The summed E-state index contributed by atoms with van der Waals surface area (Å²) in [6, 6.07) is 58.4. The summed E-state index contributed by atoms with van der Waals surface area (Å²) in [5, 5.41) is 36.5. The molecule has 15 aromatic rings. The van der Waals surface area contributed by atoms with Crippen LogP contribution in [0.25, 0.3) is 96.4 Å². The Bertz CT molecular complexity index is 7310. The Balaban J connectivity index is 0.000000179. The van der Waals surface area contributed by atoms with Crippen LogP contribution in [0, 0.1) is 64.5 Å². The average molecular weight is 2020 g/mol. The van der Waals surface area contributed by atoms with Crippen molar-refractivity contribution in [1.82, 2.24) is 30.6 Å². The zero-order valence-corrected chi connectivity index (χ0v) is 79.3. The van der Waals surface area contributed by atoms with Gasteiger partial charge in [0.05, 0.1) is 86.4 Å². The maximum Gasteiger partial charge on any atom is 0.489 e. The second-order valence-electron chi connectivity index (χ2n) is 30.2. The number of methoxy groups -OCH3 is 3. The molecule has 0 spiro atoms. The molecule has 25 nitrogen and oxygen atoms in total. The predicted octanol–water partition coefficient (Wildman–Crippen LogP) is 21.3. The van der Waals surface area contributed by atoms with Crippen LogP contribution < -0.4 is 27.6 Å². The lowest BCUT2D eigenvalue weighted by atomic mass is 9.80. The van der Waals surface area contributed by atoms with Gasteiger partial charge in [-0.15, -0.1) is 0 Å².